The second kappa shape index (κ2) is 15.1. The molecule has 3 rings (SSSR count). The summed E-state index contributed by atoms with van der Waals surface area (Å²) in [4.78, 5) is 28.7. The van der Waals surface area contributed by atoms with E-state index < -0.39 is 11.9 Å². The Kier molecular flexibility index (Phi) is 11.9. The van der Waals surface area contributed by atoms with Crippen LogP contribution in [0.1, 0.15) is 34.3 Å². The first-order valence-electron chi connectivity index (χ1n) is 11.8. The van der Waals surface area contributed by atoms with E-state index >= 15 is 0 Å². The number of hydrogen-bond acceptors (Lipinski definition) is 7. The Hall–Kier alpha value is -2.82. The molecule has 208 valence electrons. The second-order valence-corrected chi connectivity index (χ2v) is 10.2. The van der Waals surface area contributed by atoms with Gasteiger partial charge in [-0.2, -0.15) is 0 Å². The number of alkyl halides is 1. The minimum Gasteiger partial charge on any atom is -0.496 e. The van der Waals surface area contributed by atoms with E-state index in [1.54, 1.807) is 7.11 Å². The average molecular weight is 614 g/mol. The van der Waals surface area contributed by atoms with Crippen molar-refractivity contribution in [2.24, 2.45) is 0 Å². The van der Waals surface area contributed by atoms with Crippen LogP contribution in [0.4, 0.5) is 5.13 Å². The van der Waals surface area contributed by atoms with Gasteiger partial charge in [-0.3, -0.25) is 10.1 Å². The van der Waals surface area contributed by atoms with E-state index in [-0.39, 0.29) is 26.9 Å². The Balaban J connectivity index is 1.74. The molecule has 0 aliphatic carbocycles. The highest BCUT2D eigenvalue weighted by molar-refractivity contribution is 7.14. The number of benzene rings is 2. The number of carbonyl (C=O) groups excluding carboxylic acids is 1. The molecule has 39 heavy (non-hydrogen) atoms. The van der Waals surface area contributed by atoms with Gasteiger partial charge in [0, 0.05) is 34.6 Å². The Labute approximate surface area is 245 Å². The quantitative estimate of drug-likeness (QED) is 0.0870. The number of carboxylic acids is 1. The molecule has 1 heterocycles. The number of methoxy groups -OCH3 is 2. The van der Waals surface area contributed by atoms with Crippen molar-refractivity contribution in [1.82, 2.24) is 4.98 Å². The molecule has 0 radical (unpaired) electrons. The van der Waals surface area contributed by atoms with E-state index in [1.165, 1.54) is 36.7 Å². The number of aromatic nitrogens is 1. The fraction of sp³-hybridized carbons (Fsp3) is 0.296. The highest BCUT2D eigenvalue weighted by Crippen LogP contribution is 2.35. The Morgan fingerprint density at radius 1 is 1.13 bits per heavy atom. The third kappa shape index (κ3) is 8.33. The highest BCUT2D eigenvalue weighted by Gasteiger charge is 2.18. The van der Waals surface area contributed by atoms with Crippen molar-refractivity contribution in [3.8, 4) is 17.0 Å². The number of carboxylic acid groups (broad SMARTS) is 1. The van der Waals surface area contributed by atoms with Crippen molar-refractivity contribution in [3.05, 3.63) is 68.2 Å². The molecule has 0 aliphatic rings. The fourth-order valence-corrected chi connectivity index (χ4v) is 5.11. The minimum absolute atomic E-state index is 0.0906. The van der Waals surface area contributed by atoms with E-state index in [2.05, 4.69) is 10.3 Å². The molecular formula is C27H27Cl3N2O6S. The summed E-state index contributed by atoms with van der Waals surface area (Å²) in [6.07, 6.45) is 3.72. The molecule has 0 unspecified atom stereocenters. The Morgan fingerprint density at radius 2 is 1.87 bits per heavy atom. The number of amides is 1. The lowest BCUT2D eigenvalue weighted by Crippen LogP contribution is -2.12. The first-order valence-corrected chi connectivity index (χ1v) is 14.0. The summed E-state index contributed by atoms with van der Waals surface area (Å²) in [7, 11) is 2.83. The van der Waals surface area contributed by atoms with Gasteiger partial charge in [-0.25, -0.2) is 9.78 Å². The summed E-state index contributed by atoms with van der Waals surface area (Å²) < 4.78 is 16.2. The maximum atomic E-state index is 12.9. The zero-order valence-corrected chi connectivity index (χ0v) is 24.3. The monoisotopic (exact) mass is 612 g/mol. The first kappa shape index (κ1) is 30.7. The van der Waals surface area contributed by atoms with Gasteiger partial charge in [0.25, 0.3) is 5.91 Å². The van der Waals surface area contributed by atoms with Gasteiger partial charge >= 0.3 is 5.97 Å². The van der Waals surface area contributed by atoms with Gasteiger partial charge in [0.05, 0.1) is 36.6 Å². The summed E-state index contributed by atoms with van der Waals surface area (Å²) >= 11 is 19.5. The number of rotatable bonds is 14. The van der Waals surface area contributed by atoms with Gasteiger partial charge in [0.1, 0.15) is 5.75 Å². The van der Waals surface area contributed by atoms with Gasteiger partial charge in [0.15, 0.2) is 5.13 Å². The molecule has 12 heteroatoms. The summed E-state index contributed by atoms with van der Waals surface area (Å²) in [6, 6.07) is 8.60. The third-order valence-corrected chi connectivity index (χ3v) is 7.19. The lowest BCUT2D eigenvalue weighted by atomic mass is 10.0. The van der Waals surface area contributed by atoms with Crippen LogP contribution in [0.2, 0.25) is 10.0 Å². The number of nitrogens with one attached hydrogen (secondary N) is 1. The van der Waals surface area contributed by atoms with Crippen LogP contribution in [-0.2, 0) is 20.7 Å². The molecule has 0 saturated carbocycles. The number of hydrogen-bond donors (Lipinski definition) is 2. The molecule has 0 aliphatic heterocycles. The number of carbonyl (C=O) groups is 2. The van der Waals surface area contributed by atoms with Crippen LogP contribution < -0.4 is 10.1 Å². The average Bonchev–Trinajstić information content (AvgIpc) is 3.38. The fourth-order valence-electron chi connectivity index (χ4n) is 3.62. The molecule has 0 atom stereocenters. The van der Waals surface area contributed by atoms with Crippen LogP contribution in [0.25, 0.3) is 17.3 Å². The van der Waals surface area contributed by atoms with Crippen molar-refractivity contribution in [2.45, 2.75) is 19.3 Å². The predicted molar refractivity (Wildman–Crippen MR) is 156 cm³/mol. The van der Waals surface area contributed by atoms with Gasteiger partial charge < -0.3 is 19.3 Å². The molecule has 3 aromatic rings. The number of unbranched alkanes of at least 4 members (excludes halogenated alkanes) is 1. The molecule has 0 saturated heterocycles. The summed E-state index contributed by atoms with van der Waals surface area (Å²) in [6.45, 7) is 1.22. The number of ether oxygens (including phenoxy) is 3. The first-order chi connectivity index (χ1) is 18.8. The van der Waals surface area contributed by atoms with Crippen LogP contribution in [0.3, 0.4) is 0 Å². The molecule has 0 bridgehead atoms. The zero-order valence-electron chi connectivity index (χ0n) is 21.3. The van der Waals surface area contributed by atoms with E-state index in [9.17, 15) is 9.59 Å². The van der Waals surface area contributed by atoms with E-state index in [1.807, 2.05) is 23.6 Å². The third-order valence-electron chi connectivity index (χ3n) is 5.54. The van der Waals surface area contributed by atoms with E-state index in [0.29, 0.717) is 42.1 Å². The maximum Gasteiger partial charge on any atom is 0.371 e. The maximum absolute atomic E-state index is 12.9. The van der Waals surface area contributed by atoms with Crippen LogP contribution in [0, 0.1) is 0 Å². The molecule has 8 nitrogen and oxygen atoms in total. The van der Waals surface area contributed by atoms with Crippen LogP contribution in [-0.4, -0.2) is 55.3 Å². The van der Waals surface area contributed by atoms with E-state index in [0.717, 1.165) is 24.0 Å². The van der Waals surface area contributed by atoms with Gasteiger partial charge in [0.2, 0.25) is 5.76 Å². The van der Waals surface area contributed by atoms with Crippen molar-refractivity contribution in [3.63, 3.8) is 0 Å². The highest BCUT2D eigenvalue weighted by atomic mass is 35.5. The molecular weight excluding hydrogens is 587 g/mol. The zero-order chi connectivity index (χ0) is 28.4. The minimum atomic E-state index is -1.28. The van der Waals surface area contributed by atoms with Crippen LogP contribution in [0.5, 0.6) is 5.75 Å². The van der Waals surface area contributed by atoms with Crippen molar-refractivity contribution < 1.29 is 28.9 Å². The van der Waals surface area contributed by atoms with Crippen LogP contribution >= 0.6 is 46.1 Å². The standard InChI is InChI=1S/C27H27Cl3N2O6S/c1-36-23(26(34)35)14-19-20(29)12-17(13-21(19)30)25(33)32-27-31-22(15-39-27)18-7-5-6-16(24(18)37-2)8-11-38-10-4-3-9-28/h5-7,12-15H,3-4,8-11H2,1-2H3,(H,34,35)(H,31,32,33). The second-order valence-electron chi connectivity index (χ2n) is 8.12. The predicted octanol–water partition coefficient (Wildman–Crippen LogP) is 7.03. The molecule has 1 aromatic heterocycles. The Bertz CT molecular complexity index is 1320. The Morgan fingerprint density at radius 3 is 2.51 bits per heavy atom. The summed E-state index contributed by atoms with van der Waals surface area (Å²) in [5.41, 5.74) is 2.83. The number of halogens is 3. The van der Waals surface area contributed by atoms with Gasteiger partial charge in [-0.15, -0.1) is 22.9 Å². The number of para-hydroxylation sites is 1. The molecule has 1 amide bonds. The van der Waals surface area contributed by atoms with Crippen molar-refractivity contribution in [1.29, 1.82) is 0 Å². The molecule has 2 aromatic carbocycles. The number of anilines is 1. The molecule has 0 fully saturated rings. The van der Waals surface area contributed by atoms with Gasteiger partial charge in [-0.1, -0.05) is 35.3 Å². The summed E-state index contributed by atoms with van der Waals surface area (Å²) in [5, 5.41) is 14.3. The summed E-state index contributed by atoms with van der Waals surface area (Å²) in [5.74, 6) is -0.776. The molecule has 0 spiro atoms. The topological polar surface area (TPSA) is 107 Å². The normalized spacial score (nSPS) is 11.4. The van der Waals surface area contributed by atoms with Crippen molar-refractivity contribution >= 4 is 69.2 Å². The number of nitrogens with zero attached hydrogens (tertiary/aromatic N) is 1. The largest absolute Gasteiger partial charge is 0.496 e. The van der Waals surface area contributed by atoms with Crippen LogP contribution in [0.15, 0.2) is 41.5 Å². The lowest BCUT2D eigenvalue weighted by Gasteiger charge is -2.12. The van der Waals surface area contributed by atoms with Gasteiger partial charge in [-0.05, 0) is 49.1 Å². The number of thiazole rings is 1. The lowest BCUT2D eigenvalue weighted by molar-refractivity contribution is -0.135. The number of aliphatic carboxylic acids is 1. The van der Waals surface area contributed by atoms with E-state index in [4.69, 9.17) is 54.1 Å². The molecule has 2 N–H and O–H groups in total. The van der Waals surface area contributed by atoms with Crippen molar-refractivity contribution in [2.75, 3.05) is 38.6 Å². The smallest absolute Gasteiger partial charge is 0.371 e. The SMILES string of the molecule is COC(=Cc1c(Cl)cc(C(=O)Nc2nc(-c3cccc(CCOCCCCCl)c3OC)cs2)cc1Cl)C(=O)O.